The minimum Gasteiger partial charge on any atom is -0.423 e. The molecule has 2 aromatic heterocycles. The summed E-state index contributed by atoms with van der Waals surface area (Å²) in [6.07, 6.45) is 1.24. The molecule has 5 aromatic rings. The average Bonchev–Trinajstić information content (AvgIpc) is 3.49. The Morgan fingerprint density at radius 3 is 2.47 bits per heavy atom. The fourth-order valence-corrected chi connectivity index (χ4v) is 5.06. The van der Waals surface area contributed by atoms with Gasteiger partial charge < -0.3 is 14.1 Å². The Morgan fingerprint density at radius 1 is 0.974 bits per heavy atom. The molecule has 1 aliphatic heterocycles. The molecule has 1 fully saturated rings. The number of nitrogens with zero attached hydrogens (tertiary/aromatic N) is 6. The number of nitro benzene ring substituents is 1. The molecule has 0 spiro atoms. The predicted molar refractivity (Wildman–Crippen MR) is 143 cm³/mol. The second kappa shape index (κ2) is 9.80. The smallest absolute Gasteiger partial charge is 0.295 e. The fraction of sp³-hybridized carbons (Fsp3) is 0.154. The molecule has 12 heteroatoms. The molecule has 3 aromatic carbocycles. The third kappa shape index (κ3) is 4.33. The topological polar surface area (TPSA) is 129 Å². The van der Waals surface area contributed by atoms with E-state index in [9.17, 15) is 14.9 Å². The molecule has 190 valence electrons. The predicted octanol–water partition coefficient (Wildman–Crippen LogP) is 4.61. The van der Waals surface area contributed by atoms with Gasteiger partial charge in [0, 0.05) is 45.8 Å². The Labute approximate surface area is 223 Å². The van der Waals surface area contributed by atoms with Gasteiger partial charge in [-0.1, -0.05) is 34.1 Å². The largest absolute Gasteiger partial charge is 0.423 e. The van der Waals surface area contributed by atoms with E-state index in [0.717, 1.165) is 14.8 Å². The highest BCUT2D eigenvalue weighted by Crippen LogP contribution is 2.33. The quantitative estimate of drug-likeness (QED) is 0.218. The molecular weight excluding hydrogens is 556 g/mol. The molecule has 0 saturated carbocycles. The molecule has 0 atom stereocenters. The maximum atomic E-state index is 13.7. The van der Waals surface area contributed by atoms with Crippen LogP contribution in [0.5, 0.6) is 0 Å². The molecule has 1 saturated heterocycles. The summed E-state index contributed by atoms with van der Waals surface area (Å²) in [5, 5.41) is 25.5. The van der Waals surface area contributed by atoms with Crippen LogP contribution in [0.15, 0.2) is 80.7 Å². The van der Waals surface area contributed by atoms with E-state index >= 15 is 0 Å². The van der Waals surface area contributed by atoms with E-state index in [1.54, 1.807) is 30.3 Å². The lowest BCUT2D eigenvalue weighted by Crippen LogP contribution is -2.36. The molecule has 0 aliphatic carbocycles. The van der Waals surface area contributed by atoms with E-state index in [1.165, 1.54) is 12.5 Å². The number of fused-ring (bicyclic) bond motifs is 1. The van der Waals surface area contributed by atoms with Gasteiger partial charge in [-0.15, -0.1) is 10.2 Å². The number of benzene rings is 3. The highest BCUT2D eigenvalue weighted by atomic mass is 79.9. The molecule has 3 heterocycles. The third-order valence-electron chi connectivity index (χ3n) is 6.34. The summed E-state index contributed by atoms with van der Waals surface area (Å²) in [5.74, 6) is 0.319. The van der Waals surface area contributed by atoms with E-state index in [1.807, 2.05) is 24.3 Å². The Morgan fingerprint density at radius 2 is 1.74 bits per heavy atom. The van der Waals surface area contributed by atoms with Crippen molar-refractivity contribution in [3.8, 4) is 28.4 Å². The number of halogens is 1. The summed E-state index contributed by atoms with van der Waals surface area (Å²) >= 11 is 3.53. The molecule has 38 heavy (non-hydrogen) atoms. The zero-order valence-corrected chi connectivity index (χ0v) is 21.4. The Hall–Kier alpha value is -4.42. The van der Waals surface area contributed by atoms with Crippen LogP contribution in [-0.2, 0) is 4.74 Å². The van der Waals surface area contributed by atoms with Gasteiger partial charge in [0.15, 0.2) is 0 Å². The number of anilines is 1. The monoisotopic (exact) mass is 574 g/mol. The van der Waals surface area contributed by atoms with Crippen LogP contribution in [0.3, 0.4) is 0 Å². The van der Waals surface area contributed by atoms with E-state index in [0.29, 0.717) is 59.8 Å². The van der Waals surface area contributed by atoms with Gasteiger partial charge in [0.05, 0.1) is 29.2 Å². The number of aromatic nitrogens is 4. The molecule has 0 bridgehead atoms. The van der Waals surface area contributed by atoms with Gasteiger partial charge >= 0.3 is 0 Å². The van der Waals surface area contributed by atoms with E-state index in [4.69, 9.17) is 14.3 Å². The van der Waals surface area contributed by atoms with Crippen LogP contribution >= 0.6 is 15.9 Å². The maximum Gasteiger partial charge on any atom is 0.295 e. The van der Waals surface area contributed by atoms with E-state index < -0.39 is 10.5 Å². The lowest BCUT2D eigenvalue weighted by molar-refractivity contribution is -0.384. The van der Waals surface area contributed by atoms with Crippen LogP contribution in [0.4, 0.5) is 11.4 Å². The first-order chi connectivity index (χ1) is 18.5. The van der Waals surface area contributed by atoms with Gasteiger partial charge in [-0.05, 0) is 36.4 Å². The van der Waals surface area contributed by atoms with Crippen molar-refractivity contribution < 1.29 is 14.1 Å². The Kier molecular flexibility index (Phi) is 6.18. The summed E-state index contributed by atoms with van der Waals surface area (Å²) in [5.41, 5.74) is 1.92. The van der Waals surface area contributed by atoms with E-state index in [2.05, 4.69) is 31.0 Å². The van der Waals surface area contributed by atoms with Gasteiger partial charge in [0.25, 0.3) is 11.2 Å². The summed E-state index contributed by atoms with van der Waals surface area (Å²) in [6.45, 7) is 2.38. The first kappa shape index (κ1) is 23.9. The van der Waals surface area contributed by atoms with Gasteiger partial charge in [-0.25, -0.2) is 0 Å². The first-order valence-electron chi connectivity index (χ1n) is 11.7. The summed E-state index contributed by atoms with van der Waals surface area (Å²) < 4.78 is 12.7. The number of rotatable bonds is 5. The zero-order valence-electron chi connectivity index (χ0n) is 19.8. The molecule has 11 nitrogen and oxygen atoms in total. The second-order valence-electron chi connectivity index (χ2n) is 8.61. The maximum absolute atomic E-state index is 13.7. The molecule has 0 amide bonds. The number of ether oxygens (including phenoxy) is 1. The van der Waals surface area contributed by atoms with E-state index in [-0.39, 0.29) is 11.4 Å². The SMILES string of the molecule is O=c1c2ccccc2c(-c2cc(Br)cc(-c3nnco3)c2)nn1-c1cc(N2CCOCC2)ccc1[N+](=O)[O-]. The van der Waals surface area contributed by atoms with Crippen LogP contribution in [0.25, 0.3) is 39.2 Å². The molecule has 0 unspecified atom stereocenters. The van der Waals surface area contributed by atoms with Gasteiger partial charge in [-0.3, -0.25) is 14.9 Å². The number of nitro groups is 1. The highest BCUT2D eigenvalue weighted by molar-refractivity contribution is 9.10. The molecule has 6 rings (SSSR count). The number of hydrogen-bond donors (Lipinski definition) is 0. The van der Waals surface area contributed by atoms with Gasteiger partial charge in [0.1, 0.15) is 5.69 Å². The zero-order chi connectivity index (χ0) is 26.2. The standard InChI is InChI=1S/C26H19BrN6O5/c27-18-12-16(11-17(13-18)25-29-28-15-38-25)24-20-3-1-2-4-21(20)26(34)32(30-24)23-14-19(5-6-22(23)33(35)36)31-7-9-37-10-8-31/h1-6,11-15H,7-10H2. The summed E-state index contributed by atoms with van der Waals surface area (Å²) in [7, 11) is 0. The normalized spacial score (nSPS) is 13.7. The molecular formula is C26H19BrN6O5. The summed E-state index contributed by atoms with van der Waals surface area (Å²) in [4.78, 5) is 27.3. The van der Waals surface area contributed by atoms with Crippen LogP contribution in [0, 0.1) is 10.1 Å². The second-order valence-corrected chi connectivity index (χ2v) is 9.53. The van der Waals surface area contributed by atoms with Crippen LogP contribution in [0.1, 0.15) is 0 Å². The van der Waals surface area contributed by atoms with Crippen molar-refractivity contribution in [1.29, 1.82) is 0 Å². The lowest BCUT2D eigenvalue weighted by atomic mass is 10.0. The highest BCUT2D eigenvalue weighted by Gasteiger charge is 2.23. The van der Waals surface area contributed by atoms with Crippen LogP contribution in [-0.4, -0.2) is 51.2 Å². The van der Waals surface area contributed by atoms with Crippen molar-refractivity contribution in [2.24, 2.45) is 0 Å². The molecule has 0 radical (unpaired) electrons. The average molecular weight is 575 g/mol. The number of morpholine rings is 1. The minimum atomic E-state index is -0.506. The molecule has 0 N–H and O–H groups in total. The Bertz CT molecular complexity index is 1730. The fourth-order valence-electron chi connectivity index (χ4n) is 4.57. The van der Waals surface area contributed by atoms with Crippen molar-refractivity contribution in [2.45, 2.75) is 0 Å². The van der Waals surface area contributed by atoms with Crippen LogP contribution < -0.4 is 10.5 Å². The Balaban J connectivity index is 1.61. The van der Waals surface area contributed by atoms with Crippen molar-refractivity contribution in [1.82, 2.24) is 20.0 Å². The first-order valence-corrected chi connectivity index (χ1v) is 12.5. The third-order valence-corrected chi connectivity index (χ3v) is 6.80. The minimum absolute atomic E-state index is 0.0862. The van der Waals surface area contributed by atoms with Gasteiger partial charge in [0.2, 0.25) is 12.3 Å². The molecule has 1 aliphatic rings. The van der Waals surface area contributed by atoms with Crippen molar-refractivity contribution in [3.05, 3.63) is 92.0 Å². The van der Waals surface area contributed by atoms with Crippen molar-refractivity contribution >= 4 is 38.1 Å². The summed E-state index contributed by atoms with van der Waals surface area (Å²) in [6, 6.07) is 17.3. The van der Waals surface area contributed by atoms with Gasteiger partial charge in [-0.2, -0.15) is 9.78 Å². The lowest BCUT2D eigenvalue weighted by Gasteiger charge is -2.29. The van der Waals surface area contributed by atoms with Crippen molar-refractivity contribution in [3.63, 3.8) is 0 Å². The van der Waals surface area contributed by atoms with Crippen LogP contribution in [0.2, 0.25) is 0 Å². The van der Waals surface area contributed by atoms with Crippen molar-refractivity contribution in [2.75, 3.05) is 31.2 Å². The number of hydrogen-bond acceptors (Lipinski definition) is 9.